The monoisotopic (exact) mass is 497 g/mol. The molecule has 3 aromatic carbocycles. The van der Waals surface area contributed by atoms with Crippen molar-refractivity contribution in [3.05, 3.63) is 114 Å². The van der Waals surface area contributed by atoms with Crippen molar-refractivity contribution in [2.45, 2.75) is 23.8 Å². The van der Waals surface area contributed by atoms with E-state index in [4.69, 9.17) is 0 Å². The number of benzene rings is 3. The number of amides is 1. The van der Waals surface area contributed by atoms with Crippen LogP contribution in [0.1, 0.15) is 17.5 Å². The number of rotatable bonds is 7. The highest BCUT2D eigenvalue weighted by Gasteiger charge is 2.31. The van der Waals surface area contributed by atoms with E-state index in [2.05, 4.69) is 27.9 Å². The number of nitrogens with zero attached hydrogens (tertiary/aromatic N) is 2. The summed E-state index contributed by atoms with van der Waals surface area (Å²) >= 11 is 0. The third-order valence-electron chi connectivity index (χ3n) is 6.43. The summed E-state index contributed by atoms with van der Waals surface area (Å²) in [7, 11) is -4.02. The van der Waals surface area contributed by atoms with Crippen LogP contribution in [0, 0.1) is 0 Å². The number of pyridine rings is 1. The minimum absolute atomic E-state index is 0.0661. The fourth-order valence-electron chi connectivity index (χ4n) is 4.58. The Labute approximate surface area is 211 Å². The van der Waals surface area contributed by atoms with Gasteiger partial charge in [0.25, 0.3) is 0 Å². The number of nitrogens with one attached hydrogen (secondary N) is 1. The van der Waals surface area contributed by atoms with E-state index >= 15 is 0 Å². The van der Waals surface area contributed by atoms with Crippen molar-refractivity contribution in [3.8, 4) is 0 Å². The molecule has 1 N–H and O–H groups in total. The molecule has 1 atom stereocenters. The maximum atomic E-state index is 13.7. The molecule has 0 bridgehead atoms. The lowest BCUT2D eigenvalue weighted by Crippen LogP contribution is -2.50. The van der Waals surface area contributed by atoms with Crippen LogP contribution in [0.25, 0.3) is 16.5 Å². The van der Waals surface area contributed by atoms with Crippen molar-refractivity contribution >= 4 is 32.4 Å². The molecule has 36 heavy (non-hydrogen) atoms. The lowest BCUT2D eigenvalue weighted by molar-refractivity contribution is -0.132. The van der Waals surface area contributed by atoms with E-state index < -0.39 is 16.1 Å². The number of hydrogen-bond acceptors (Lipinski definition) is 4. The normalized spacial score (nSPS) is 14.9. The zero-order valence-electron chi connectivity index (χ0n) is 19.7. The summed E-state index contributed by atoms with van der Waals surface area (Å²) < 4.78 is 29.8. The van der Waals surface area contributed by atoms with Gasteiger partial charge in [-0.15, -0.1) is 0 Å². The lowest BCUT2D eigenvalue weighted by atomic mass is 9.98. The first-order valence-electron chi connectivity index (χ1n) is 11.9. The van der Waals surface area contributed by atoms with Gasteiger partial charge in [-0.2, -0.15) is 4.72 Å². The van der Waals surface area contributed by atoms with Gasteiger partial charge in [-0.05, 0) is 41.7 Å². The van der Waals surface area contributed by atoms with E-state index in [1.54, 1.807) is 23.2 Å². The van der Waals surface area contributed by atoms with E-state index in [0.29, 0.717) is 25.0 Å². The van der Waals surface area contributed by atoms with Crippen LogP contribution in [0.2, 0.25) is 0 Å². The van der Waals surface area contributed by atoms with Gasteiger partial charge in [0.15, 0.2) is 0 Å². The number of para-hydroxylation sites is 1. The van der Waals surface area contributed by atoms with E-state index in [1.165, 1.54) is 11.6 Å². The standard InChI is InChI=1S/C29H27N3O3S/c33-29(32-19-16-24(17-20-32)23-11-5-2-6-12-23)26(21-22-9-3-1-4-10-22)31-36(34,35)27-15-7-13-25-14-8-18-30-28(25)27/h1-16,18,26,31H,17,19-21H2. The first-order valence-corrected chi connectivity index (χ1v) is 13.4. The number of aromatic nitrogens is 1. The molecular weight excluding hydrogens is 470 g/mol. The first kappa shape index (κ1) is 23.9. The van der Waals surface area contributed by atoms with Crippen LogP contribution >= 0.6 is 0 Å². The van der Waals surface area contributed by atoms with Crippen LogP contribution in [-0.2, 0) is 21.2 Å². The van der Waals surface area contributed by atoms with Gasteiger partial charge < -0.3 is 4.90 Å². The van der Waals surface area contributed by atoms with E-state index in [9.17, 15) is 13.2 Å². The van der Waals surface area contributed by atoms with Crippen LogP contribution in [-0.4, -0.2) is 43.3 Å². The SMILES string of the molecule is O=C(C(Cc1ccccc1)NS(=O)(=O)c1cccc2cccnc12)N1CC=C(c2ccccc2)CC1. The van der Waals surface area contributed by atoms with Crippen LogP contribution in [0.4, 0.5) is 0 Å². The van der Waals surface area contributed by atoms with Gasteiger partial charge in [0.05, 0.1) is 5.52 Å². The van der Waals surface area contributed by atoms with Crippen LogP contribution in [0.3, 0.4) is 0 Å². The highest BCUT2D eigenvalue weighted by molar-refractivity contribution is 7.89. The fraction of sp³-hybridized carbons (Fsp3) is 0.172. The molecule has 1 amide bonds. The van der Waals surface area contributed by atoms with Crippen molar-refractivity contribution in [1.82, 2.24) is 14.6 Å². The van der Waals surface area contributed by atoms with Crippen molar-refractivity contribution in [2.75, 3.05) is 13.1 Å². The predicted octanol–water partition coefficient (Wildman–Crippen LogP) is 4.44. The molecule has 0 radical (unpaired) electrons. The number of sulfonamides is 1. The van der Waals surface area contributed by atoms with E-state index in [0.717, 1.165) is 16.5 Å². The predicted molar refractivity (Wildman–Crippen MR) is 142 cm³/mol. The van der Waals surface area contributed by atoms with Crippen molar-refractivity contribution in [1.29, 1.82) is 0 Å². The largest absolute Gasteiger partial charge is 0.337 e. The molecule has 1 unspecified atom stereocenters. The van der Waals surface area contributed by atoms with Gasteiger partial charge in [0, 0.05) is 24.7 Å². The van der Waals surface area contributed by atoms with Gasteiger partial charge in [-0.1, -0.05) is 84.9 Å². The van der Waals surface area contributed by atoms with Crippen LogP contribution in [0.5, 0.6) is 0 Å². The van der Waals surface area contributed by atoms with Gasteiger partial charge in [-0.25, -0.2) is 8.42 Å². The Kier molecular flexibility index (Phi) is 6.93. The summed E-state index contributed by atoms with van der Waals surface area (Å²) in [6, 6.07) is 27.2. The first-order chi connectivity index (χ1) is 17.5. The summed E-state index contributed by atoms with van der Waals surface area (Å²) in [4.78, 5) is 19.8. The Balaban J connectivity index is 1.42. The Hall–Kier alpha value is -3.81. The van der Waals surface area contributed by atoms with E-state index in [-0.39, 0.29) is 17.2 Å². The average Bonchev–Trinajstić information content (AvgIpc) is 2.93. The molecule has 0 fully saturated rings. The maximum Gasteiger partial charge on any atom is 0.243 e. The lowest BCUT2D eigenvalue weighted by Gasteiger charge is -2.30. The number of carbonyl (C=O) groups is 1. The van der Waals surface area contributed by atoms with Crippen LogP contribution < -0.4 is 4.72 Å². The van der Waals surface area contributed by atoms with Gasteiger partial charge >= 0.3 is 0 Å². The zero-order chi connectivity index (χ0) is 25.0. The average molecular weight is 498 g/mol. The molecule has 4 aromatic rings. The molecule has 0 aliphatic carbocycles. The molecule has 0 saturated heterocycles. The Morgan fingerprint density at radius 3 is 2.36 bits per heavy atom. The second-order valence-corrected chi connectivity index (χ2v) is 10.5. The zero-order valence-corrected chi connectivity index (χ0v) is 20.6. The molecule has 1 aliphatic rings. The molecule has 0 saturated carbocycles. The fourth-order valence-corrected chi connectivity index (χ4v) is 5.95. The summed E-state index contributed by atoms with van der Waals surface area (Å²) in [5, 5.41) is 0.723. The molecule has 1 aromatic heterocycles. The second kappa shape index (κ2) is 10.4. The second-order valence-electron chi connectivity index (χ2n) is 8.82. The highest BCUT2D eigenvalue weighted by atomic mass is 32.2. The molecule has 6 nitrogen and oxygen atoms in total. The molecular formula is C29H27N3O3S. The molecule has 2 heterocycles. The highest BCUT2D eigenvalue weighted by Crippen LogP contribution is 2.24. The topological polar surface area (TPSA) is 79.4 Å². The van der Waals surface area contributed by atoms with Gasteiger partial charge in [0.1, 0.15) is 10.9 Å². The minimum atomic E-state index is -4.02. The third kappa shape index (κ3) is 5.22. The van der Waals surface area contributed by atoms with Crippen molar-refractivity contribution < 1.29 is 13.2 Å². The van der Waals surface area contributed by atoms with Gasteiger partial charge in [-0.3, -0.25) is 9.78 Å². The summed E-state index contributed by atoms with van der Waals surface area (Å²) in [5.74, 6) is -0.237. The van der Waals surface area contributed by atoms with E-state index in [1.807, 2.05) is 60.7 Å². The van der Waals surface area contributed by atoms with Crippen LogP contribution in [0.15, 0.2) is 108 Å². The molecule has 1 aliphatic heterocycles. The van der Waals surface area contributed by atoms with Crippen molar-refractivity contribution in [2.24, 2.45) is 0 Å². The Bertz CT molecular complexity index is 1500. The summed E-state index contributed by atoms with van der Waals surface area (Å²) in [5.41, 5.74) is 3.61. The number of hydrogen-bond donors (Lipinski definition) is 1. The molecule has 182 valence electrons. The number of fused-ring (bicyclic) bond motifs is 1. The quantitative estimate of drug-likeness (QED) is 0.409. The third-order valence-corrected chi connectivity index (χ3v) is 7.93. The molecule has 7 heteroatoms. The molecule has 0 spiro atoms. The summed E-state index contributed by atoms with van der Waals surface area (Å²) in [6.45, 7) is 0.967. The van der Waals surface area contributed by atoms with Crippen molar-refractivity contribution in [3.63, 3.8) is 0 Å². The number of carbonyl (C=O) groups excluding carboxylic acids is 1. The van der Waals surface area contributed by atoms with Gasteiger partial charge in [0.2, 0.25) is 15.9 Å². The maximum absolute atomic E-state index is 13.7. The minimum Gasteiger partial charge on any atom is -0.337 e. The smallest absolute Gasteiger partial charge is 0.243 e. The molecule has 5 rings (SSSR count). The summed E-state index contributed by atoms with van der Waals surface area (Å²) in [6.07, 6.45) is 4.59. The Morgan fingerprint density at radius 2 is 1.64 bits per heavy atom. The Morgan fingerprint density at radius 1 is 0.917 bits per heavy atom.